The number of hydrogen-bond acceptors (Lipinski definition) is 1. The van der Waals surface area contributed by atoms with Crippen molar-refractivity contribution in [3.8, 4) is 0 Å². The highest BCUT2D eigenvalue weighted by Gasteiger charge is 1.85. The van der Waals surface area contributed by atoms with E-state index in [0.29, 0.717) is 6.54 Å². The van der Waals surface area contributed by atoms with Gasteiger partial charge in [-0.25, -0.2) is 0 Å². The first kappa shape index (κ1) is 8.21. The molecular weight excluding hydrogens is 112 g/mol. The second-order valence-electron chi connectivity index (χ2n) is 1.87. The Morgan fingerprint density at radius 1 is 1.78 bits per heavy atom. The minimum absolute atomic E-state index is 0.645. The van der Waals surface area contributed by atoms with Crippen LogP contribution in [0.3, 0.4) is 0 Å². The Kier molecular flexibility index (Phi) is 4.88. The minimum Gasteiger partial charge on any atom is -0.387 e. The molecule has 2 N–H and O–H groups in total. The van der Waals surface area contributed by atoms with E-state index < -0.39 is 0 Å². The SMILES string of the molecule is C=CCN=C(N)CCC. The molecule has 9 heavy (non-hydrogen) atoms. The van der Waals surface area contributed by atoms with Crippen LogP contribution in [0, 0.1) is 0 Å². The van der Waals surface area contributed by atoms with Gasteiger partial charge in [-0.15, -0.1) is 6.58 Å². The molecule has 0 amide bonds. The van der Waals surface area contributed by atoms with Crippen molar-refractivity contribution in [2.24, 2.45) is 10.7 Å². The molecule has 2 heteroatoms. The first-order chi connectivity index (χ1) is 4.31. The van der Waals surface area contributed by atoms with E-state index in [1.54, 1.807) is 6.08 Å². The van der Waals surface area contributed by atoms with Crippen LogP contribution in [-0.4, -0.2) is 12.4 Å². The van der Waals surface area contributed by atoms with Crippen LogP contribution in [-0.2, 0) is 0 Å². The second kappa shape index (κ2) is 5.35. The van der Waals surface area contributed by atoms with Gasteiger partial charge in [0, 0.05) is 6.42 Å². The second-order valence-corrected chi connectivity index (χ2v) is 1.87. The maximum atomic E-state index is 5.47. The van der Waals surface area contributed by atoms with Gasteiger partial charge < -0.3 is 5.73 Å². The van der Waals surface area contributed by atoms with Gasteiger partial charge in [0.05, 0.1) is 12.4 Å². The van der Waals surface area contributed by atoms with Gasteiger partial charge in [0.25, 0.3) is 0 Å². The lowest BCUT2D eigenvalue weighted by molar-refractivity contribution is 0.973. The molecule has 0 aromatic carbocycles. The van der Waals surface area contributed by atoms with Gasteiger partial charge >= 0.3 is 0 Å². The molecule has 0 aromatic heterocycles. The Labute approximate surface area is 56.5 Å². The maximum Gasteiger partial charge on any atom is 0.0940 e. The molecule has 0 aromatic rings. The predicted molar refractivity (Wildman–Crippen MR) is 41.6 cm³/mol. The fourth-order valence-corrected chi connectivity index (χ4v) is 0.517. The molecule has 0 aliphatic carbocycles. The van der Waals surface area contributed by atoms with Crippen LogP contribution in [0.5, 0.6) is 0 Å². The summed E-state index contributed by atoms with van der Waals surface area (Å²) in [5, 5.41) is 0. The molecule has 0 unspecified atom stereocenters. The zero-order chi connectivity index (χ0) is 7.11. The lowest BCUT2D eigenvalue weighted by atomic mass is 10.3. The van der Waals surface area contributed by atoms with E-state index in [9.17, 15) is 0 Å². The van der Waals surface area contributed by atoms with E-state index in [2.05, 4.69) is 18.5 Å². The highest BCUT2D eigenvalue weighted by molar-refractivity contribution is 5.80. The summed E-state index contributed by atoms with van der Waals surface area (Å²) in [6.07, 6.45) is 3.70. The molecule has 0 rings (SSSR count). The third kappa shape index (κ3) is 5.07. The van der Waals surface area contributed by atoms with E-state index in [4.69, 9.17) is 5.73 Å². The van der Waals surface area contributed by atoms with Gasteiger partial charge in [0.15, 0.2) is 0 Å². The quantitative estimate of drug-likeness (QED) is 0.344. The van der Waals surface area contributed by atoms with Crippen molar-refractivity contribution in [1.82, 2.24) is 0 Å². The van der Waals surface area contributed by atoms with Crippen molar-refractivity contribution in [3.63, 3.8) is 0 Å². The number of nitrogens with two attached hydrogens (primary N) is 1. The number of aliphatic imine (C=N–C) groups is 1. The van der Waals surface area contributed by atoms with Crippen LogP contribution in [0.1, 0.15) is 19.8 Å². The van der Waals surface area contributed by atoms with E-state index in [1.165, 1.54) is 0 Å². The molecule has 0 aliphatic heterocycles. The van der Waals surface area contributed by atoms with Crippen molar-refractivity contribution in [3.05, 3.63) is 12.7 Å². The molecule has 0 radical (unpaired) electrons. The summed E-state index contributed by atoms with van der Waals surface area (Å²) >= 11 is 0. The summed E-state index contributed by atoms with van der Waals surface area (Å²) in [6.45, 7) is 6.25. The van der Waals surface area contributed by atoms with Gasteiger partial charge in [0.1, 0.15) is 0 Å². The topological polar surface area (TPSA) is 38.4 Å². The first-order valence-corrected chi connectivity index (χ1v) is 3.21. The highest BCUT2D eigenvalue weighted by Crippen LogP contribution is 1.85. The lowest BCUT2D eigenvalue weighted by Gasteiger charge is -1.93. The van der Waals surface area contributed by atoms with Crippen molar-refractivity contribution >= 4 is 5.84 Å². The minimum atomic E-state index is 0.645. The van der Waals surface area contributed by atoms with Crippen LogP contribution in [0.15, 0.2) is 17.6 Å². The standard InChI is InChI=1S/C7H14N2/c1-3-5-7(8)9-6-4-2/h4H,2-3,5-6H2,1H3,(H2,8,9). The van der Waals surface area contributed by atoms with Crippen LogP contribution in [0.2, 0.25) is 0 Å². The van der Waals surface area contributed by atoms with Gasteiger partial charge in [-0.1, -0.05) is 13.0 Å². The molecule has 0 bridgehead atoms. The Morgan fingerprint density at radius 2 is 2.44 bits per heavy atom. The zero-order valence-corrected chi connectivity index (χ0v) is 5.93. The summed E-state index contributed by atoms with van der Waals surface area (Å²) in [5.41, 5.74) is 5.47. The Bertz CT molecular complexity index is 105. The number of nitrogens with zero attached hydrogens (tertiary/aromatic N) is 1. The fraction of sp³-hybridized carbons (Fsp3) is 0.571. The molecule has 0 saturated heterocycles. The highest BCUT2D eigenvalue weighted by atomic mass is 14.8. The van der Waals surface area contributed by atoms with Crippen molar-refractivity contribution < 1.29 is 0 Å². The van der Waals surface area contributed by atoms with Crippen LogP contribution < -0.4 is 5.73 Å². The Morgan fingerprint density at radius 3 is 2.89 bits per heavy atom. The third-order valence-electron chi connectivity index (χ3n) is 0.930. The molecule has 0 fully saturated rings. The number of rotatable bonds is 4. The van der Waals surface area contributed by atoms with E-state index in [0.717, 1.165) is 18.7 Å². The van der Waals surface area contributed by atoms with Gasteiger partial charge in [0.2, 0.25) is 0 Å². The average Bonchev–Trinajstić information content (AvgIpc) is 1.85. The van der Waals surface area contributed by atoms with Crippen LogP contribution in [0.25, 0.3) is 0 Å². The summed E-state index contributed by atoms with van der Waals surface area (Å²) in [4.78, 5) is 4.01. The summed E-state index contributed by atoms with van der Waals surface area (Å²) in [7, 11) is 0. The zero-order valence-electron chi connectivity index (χ0n) is 5.93. The molecule has 0 spiro atoms. The molecule has 0 atom stereocenters. The molecule has 0 heterocycles. The van der Waals surface area contributed by atoms with Crippen LogP contribution in [0.4, 0.5) is 0 Å². The molecular formula is C7H14N2. The summed E-state index contributed by atoms with van der Waals surface area (Å²) in [5.74, 6) is 0.734. The normalized spacial score (nSPS) is 11.4. The lowest BCUT2D eigenvalue weighted by Crippen LogP contribution is -2.10. The maximum absolute atomic E-state index is 5.47. The summed E-state index contributed by atoms with van der Waals surface area (Å²) in [6, 6.07) is 0. The largest absolute Gasteiger partial charge is 0.387 e. The van der Waals surface area contributed by atoms with Crippen molar-refractivity contribution in [2.45, 2.75) is 19.8 Å². The van der Waals surface area contributed by atoms with Gasteiger partial charge in [-0.05, 0) is 6.42 Å². The van der Waals surface area contributed by atoms with Crippen molar-refractivity contribution in [2.75, 3.05) is 6.54 Å². The molecule has 0 saturated carbocycles. The third-order valence-corrected chi connectivity index (χ3v) is 0.930. The van der Waals surface area contributed by atoms with E-state index in [-0.39, 0.29) is 0 Å². The average molecular weight is 126 g/mol. The summed E-state index contributed by atoms with van der Waals surface area (Å²) < 4.78 is 0. The molecule has 2 nitrogen and oxygen atoms in total. The van der Waals surface area contributed by atoms with Gasteiger partial charge in [-0.2, -0.15) is 0 Å². The number of amidine groups is 1. The number of hydrogen-bond donors (Lipinski definition) is 1. The monoisotopic (exact) mass is 126 g/mol. The predicted octanol–water partition coefficient (Wildman–Crippen LogP) is 1.33. The van der Waals surface area contributed by atoms with Gasteiger partial charge in [-0.3, -0.25) is 4.99 Å². The van der Waals surface area contributed by atoms with Crippen molar-refractivity contribution in [1.29, 1.82) is 0 Å². The van der Waals surface area contributed by atoms with E-state index in [1.807, 2.05) is 0 Å². The van der Waals surface area contributed by atoms with Crippen LogP contribution >= 0.6 is 0 Å². The van der Waals surface area contributed by atoms with E-state index >= 15 is 0 Å². The Balaban J connectivity index is 3.42. The molecule has 52 valence electrons. The molecule has 0 aliphatic rings. The Hall–Kier alpha value is -0.790. The fourth-order valence-electron chi connectivity index (χ4n) is 0.517. The first-order valence-electron chi connectivity index (χ1n) is 3.21. The smallest absolute Gasteiger partial charge is 0.0940 e.